The van der Waals surface area contributed by atoms with E-state index in [9.17, 15) is 9.90 Å². The molecule has 0 aliphatic carbocycles. The van der Waals surface area contributed by atoms with E-state index in [1.165, 1.54) is 0 Å². The largest absolute Gasteiger partial charge is 0.508 e. The Bertz CT molecular complexity index is 1380. The predicted molar refractivity (Wildman–Crippen MR) is 163 cm³/mol. The molecule has 216 valence electrons. The van der Waals surface area contributed by atoms with Gasteiger partial charge in [0.25, 0.3) is 5.56 Å². The second-order valence-corrected chi connectivity index (χ2v) is 11.8. The van der Waals surface area contributed by atoms with Crippen molar-refractivity contribution in [2.45, 2.75) is 70.6 Å². The molecular formula is C32H46N6O2. The van der Waals surface area contributed by atoms with Crippen molar-refractivity contribution in [1.29, 1.82) is 0 Å². The summed E-state index contributed by atoms with van der Waals surface area (Å²) in [5, 5.41) is 14.4. The van der Waals surface area contributed by atoms with Crippen LogP contribution in [-0.2, 0) is 12.1 Å². The van der Waals surface area contributed by atoms with Crippen molar-refractivity contribution in [2.75, 3.05) is 51.7 Å². The molecule has 2 aliphatic heterocycles. The number of piperidine rings is 1. The van der Waals surface area contributed by atoms with Crippen molar-refractivity contribution < 1.29 is 5.11 Å². The van der Waals surface area contributed by atoms with Crippen LogP contribution in [0.15, 0.2) is 47.3 Å². The molecule has 2 fully saturated rings. The van der Waals surface area contributed by atoms with Crippen LogP contribution in [0, 0.1) is 0 Å². The van der Waals surface area contributed by atoms with Crippen LogP contribution in [0.5, 0.6) is 5.75 Å². The molecule has 3 heterocycles. The van der Waals surface area contributed by atoms with Gasteiger partial charge in [0.2, 0.25) is 0 Å². The van der Waals surface area contributed by atoms with Crippen molar-refractivity contribution in [3.8, 4) is 5.75 Å². The average molecular weight is 547 g/mol. The van der Waals surface area contributed by atoms with Gasteiger partial charge in [-0.15, -0.1) is 0 Å². The van der Waals surface area contributed by atoms with Gasteiger partial charge >= 0.3 is 0 Å². The summed E-state index contributed by atoms with van der Waals surface area (Å²) in [4.78, 5) is 26.2. The second kappa shape index (κ2) is 11.9. The molecule has 8 nitrogen and oxygen atoms in total. The molecule has 0 spiro atoms. The number of nitrogens with zero attached hydrogens (tertiary/aromatic N) is 5. The van der Waals surface area contributed by atoms with Gasteiger partial charge in [0.15, 0.2) is 0 Å². The number of hydrogen-bond acceptors (Lipinski definition) is 7. The molecule has 1 aromatic heterocycles. The van der Waals surface area contributed by atoms with Crippen LogP contribution in [0.4, 0.5) is 5.69 Å². The van der Waals surface area contributed by atoms with E-state index in [2.05, 4.69) is 66.2 Å². The quantitative estimate of drug-likeness (QED) is 0.436. The Labute approximate surface area is 238 Å². The number of fused-ring (bicyclic) bond motifs is 1. The van der Waals surface area contributed by atoms with Gasteiger partial charge in [-0.2, -0.15) is 0 Å². The third-order valence-corrected chi connectivity index (χ3v) is 9.18. The maximum atomic E-state index is 13.7. The Balaban J connectivity index is 1.47. The van der Waals surface area contributed by atoms with Gasteiger partial charge in [0.05, 0.1) is 16.9 Å². The van der Waals surface area contributed by atoms with E-state index in [-0.39, 0.29) is 17.1 Å². The molecule has 5 rings (SSSR count). The highest BCUT2D eigenvalue weighted by Crippen LogP contribution is 2.40. The Morgan fingerprint density at radius 1 is 1.12 bits per heavy atom. The second-order valence-electron chi connectivity index (χ2n) is 11.8. The molecule has 0 amide bonds. The average Bonchev–Trinajstić information content (AvgIpc) is 2.95. The summed E-state index contributed by atoms with van der Waals surface area (Å²) < 4.78 is 1.90. The lowest BCUT2D eigenvalue weighted by molar-refractivity contribution is 0.115. The van der Waals surface area contributed by atoms with Crippen LogP contribution in [0.1, 0.15) is 63.9 Å². The highest BCUT2D eigenvalue weighted by molar-refractivity contribution is 5.82. The molecule has 0 unspecified atom stereocenters. The molecular weight excluding hydrogens is 500 g/mol. The zero-order valence-electron chi connectivity index (χ0n) is 24.9. The molecule has 2 atom stereocenters. The fraction of sp³-hybridized carbons (Fsp3) is 0.562. The molecule has 2 saturated heterocycles. The lowest BCUT2D eigenvalue weighted by Crippen LogP contribution is -2.51. The normalized spacial score (nSPS) is 20.8. The summed E-state index contributed by atoms with van der Waals surface area (Å²) in [7, 11) is 4.26. The van der Waals surface area contributed by atoms with Crippen LogP contribution in [0.2, 0.25) is 0 Å². The van der Waals surface area contributed by atoms with E-state index < -0.39 is 0 Å². The van der Waals surface area contributed by atoms with E-state index in [1.54, 1.807) is 6.07 Å². The first-order chi connectivity index (χ1) is 19.3. The molecule has 0 radical (unpaired) electrons. The maximum Gasteiger partial charge on any atom is 0.261 e. The summed E-state index contributed by atoms with van der Waals surface area (Å²) in [5.74, 6) is 1.22. The van der Waals surface area contributed by atoms with E-state index in [1.807, 2.05) is 29.7 Å². The summed E-state index contributed by atoms with van der Waals surface area (Å²) in [6.45, 7) is 11.8. The number of anilines is 1. The van der Waals surface area contributed by atoms with Gasteiger partial charge in [-0.25, -0.2) is 4.98 Å². The van der Waals surface area contributed by atoms with Crippen LogP contribution in [0.3, 0.4) is 0 Å². The van der Waals surface area contributed by atoms with Crippen molar-refractivity contribution in [3.05, 3.63) is 64.2 Å². The van der Waals surface area contributed by atoms with Gasteiger partial charge in [0, 0.05) is 56.5 Å². The number of aromatic hydroxyl groups is 1. The summed E-state index contributed by atoms with van der Waals surface area (Å²) in [6.07, 6.45) is 3.91. The fourth-order valence-corrected chi connectivity index (χ4v) is 6.90. The molecule has 0 bridgehead atoms. The van der Waals surface area contributed by atoms with E-state index >= 15 is 0 Å². The smallest absolute Gasteiger partial charge is 0.261 e. The van der Waals surface area contributed by atoms with E-state index in [0.29, 0.717) is 23.7 Å². The minimum absolute atomic E-state index is 0.0625. The molecule has 3 aromatic rings. The Hall–Kier alpha value is -2.94. The highest BCUT2D eigenvalue weighted by atomic mass is 16.3. The predicted octanol–water partition coefficient (Wildman–Crippen LogP) is 4.31. The van der Waals surface area contributed by atoms with E-state index in [0.717, 1.165) is 81.0 Å². The van der Waals surface area contributed by atoms with Crippen LogP contribution < -0.4 is 15.8 Å². The van der Waals surface area contributed by atoms with Crippen molar-refractivity contribution >= 4 is 16.6 Å². The van der Waals surface area contributed by atoms with Crippen molar-refractivity contribution in [2.24, 2.45) is 0 Å². The van der Waals surface area contributed by atoms with Crippen molar-refractivity contribution in [1.82, 2.24) is 24.7 Å². The third kappa shape index (κ3) is 5.37. The first kappa shape index (κ1) is 28.6. The molecule has 2 aliphatic rings. The number of hydrogen-bond donors (Lipinski definition) is 2. The SMILES string of the molecule is CCC[C@@H](c1nc2cc(N3CCC(c4cccc(O)c4)(N(C)C)CC3)ccc2c(=O)n1CC)N1CCN[C@H](C)C1. The monoisotopic (exact) mass is 546 g/mol. The first-order valence-electron chi connectivity index (χ1n) is 15.0. The number of nitrogens with one attached hydrogen (secondary N) is 1. The van der Waals surface area contributed by atoms with Gasteiger partial charge < -0.3 is 15.3 Å². The molecule has 8 heteroatoms. The van der Waals surface area contributed by atoms with E-state index in [4.69, 9.17) is 4.98 Å². The first-order valence-corrected chi connectivity index (χ1v) is 15.0. The molecule has 0 saturated carbocycles. The topological polar surface area (TPSA) is 76.9 Å². The molecule has 2 N–H and O–H groups in total. The number of benzene rings is 2. The minimum Gasteiger partial charge on any atom is -0.508 e. The maximum absolute atomic E-state index is 13.7. The Morgan fingerprint density at radius 3 is 2.55 bits per heavy atom. The lowest BCUT2D eigenvalue weighted by Gasteiger charge is -2.47. The third-order valence-electron chi connectivity index (χ3n) is 9.18. The Kier molecular flexibility index (Phi) is 8.50. The number of phenols is 1. The minimum atomic E-state index is -0.125. The summed E-state index contributed by atoms with van der Waals surface area (Å²) in [5.41, 5.74) is 3.01. The molecule has 2 aromatic carbocycles. The van der Waals surface area contributed by atoms with Gasteiger partial charge in [-0.05, 0) is 83.1 Å². The standard InChI is InChI=1S/C32H46N6O2/c1-6-9-29(37-19-16-33-23(3)22-37)30-34-28-21-25(12-13-27(28)31(40)38(30)7-2)36-17-14-32(15-18-36,35(4)5)24-10-8-11-26(39)20-24/h8,10-13,20-21,23,29,33,39H,6-7,9,14-19,22H2,1-5H3/t23-,29+/m1/s1. The van der Waals surface area contributed by atoms with Crippen LogP contribution in [-0.4, -0.2) is 77.3 Å². The van der Waals surface area contributed by atoms with Crippen LogP contribution >= 0.6 is 0 Å². The highest BCUT2D eigenvalue weighted by Gasteiger charge is 2.38. The number of piperazine rings is 1. The van der Waals surface area contributed by atoms with Crippen molar-refractivity contribution in [3.63, 3.8) is 0 Å². The van der Waals surface area contributed by atoms with Gasteiger partial charge in [-0.3, -0.25) is 19.2 Å². The number of rotatable bonds is 8. The van der Waals surface area contributed by atoms with Crippen LogP contribution in [0.25, 0.3) is 10.9 Å². The summed E-state index contributed by atoms with van der Waals surface area (Å²) in [6, 6.07) is 14.4. The Morgan fingerprint density at radius 2 is 1.90 bits per heavy atom. The fourth-order valence-electron chi connectivity index (χ4n) is 6.90. The van der Waals surface area contributed by atoms with Gasteiger partial charge in [0.1, 0.15) is 11.6 Å². The van der Waals surface area contributed by atoms with Gasteiger partial charge in [-0.1, -0.05) is 25.5 Å². The zero-order chi connectivity index (χ0) is 28.4. The number of aromatic nitrogens is 2. The zero-order valence-corrected chi connectivity index (χ0v) is 24.9. The molecule has 40 heavy (non-hydrogen) atoms. The number of phenolic OH excluding ortho intramolecular Hbond substituents is 1. The summed E-state index contributed by atoms with van der Waals surface area (Å²) >= 11 is 0. The lowest BCUT2D eigenvalue weighted by atomic mass is 9.79.